The first-order valence-electron chi connectivity index (χ1n) is 5.21. The van der Waals surface area contributed by atoms with Gasteiger partial charge in [-0.2, -0.15) is 8.78 Å². The highest BCUT2D eigenvalue weighted by Crippen LogP contribution is 2.34. The average molecular weight is 188 g/mol. The molecule has 0 saturated heterocycles. The summed E-state index contributed by atoms with van der Waals surface area (Å²) in [7, 11) is 0. The maximum absolute atomic E-state index is 11.8. The molecule has 0 aliphatic heterocycles. The molecule has 0 heterocycles. The fourth-order valence-electron chi connectivity index (χ4n) is 1.60. The second-order valence-corrected chi connectivity index (χ2v) is 4.16. The molecule has 0 spiro atoms. The van der Waals surface area contributed by atoms with Gasteiger partial charge in [0.1, 0.15) is 0 Å². The maximum Gasteiger partial charge on any atom is 0.266 e. The Labute approximate surface area is 79.0 Å². The van der Waals surface area contributed by atoms with Gasteiger partial charge in [-0.3, -0.25) is 0 Å². The van der Waals surface area contributed by atoms with Crippen LogP contribution in [0.5, 0.6) is 0 Å². The van der Waals surface area contributed by atoms with Crippen LogP contribution in [0.15, 0.2) is 12.2 Å². The Kier molecular flexibility index (Phi) is 4.40. The highest BCUT2D eigenvalue weighted by atomic mass is 19.3. The van der Waals surface area contributed by atoms with Crippen molar-refractivity contribution in [2.45, 2.75) is 45.4 Å². The minimum absolute atomic E-state index is 0.0456. The second kappa shape index (κ2) is 5.36. The number of allylic oxidation sites excluding steroid dienone is 1. The zero-order valence-corrected chi connectivity index (χ0v) is 8.23. The van der Waals surface area contributed by atoms with E-state index in [1.165, 1.54) is 25.7 Å². The molecule has 1 aliphatic carbocycles. The van der Waals surface area contributed by atoms with E-state index in [2.05, 4.69) is 0 Å². The molecule has 1 atom stereocenters. The number of unbranched alkanes of at least 4 members (excludes halogenated alkanes) is 1. The van der Waals surface area contributed by atoms with Gasteiger partial charge in [0.25, 0.3) is 6.08 Å². The van der Waals surface area contributed by atoms with Gasteiger partial charge in [0, 0.05) is 0 Å². The van der Waals surface area contributed by atoms with Crippen LogP contribution < -0.4 is 0 Å². The Bertz CT molecular complexity index is 167. The van der Waals surface area contributed by atoms with E-state index in [0.717, 1.165) is 24.8 Å². The quantitative estimate of drug-likeness (QED) is 0.543. The topological polar surface area (TPSA) is 0 Å². The Morgan fingerprint density at radius 3 is 2.62 bits per heavy atom. The zero-order valence-electron chi connectivity index (χ0n) is 8.23. The molecule has 76 valence electrons. The predicted octanol–water partition coefficient (Wildman–Crippen LogP) is 4.37. The molecule has 0 nitrogen and oxygen atoms in total. The molecule has 1 rings (SSSR count). The van der Waals surface area contributed by atoms with Crippen LogP contribution in [0.25, 0.3) is 0 Å². The standard InChI is InChI=1S/C11H18F2/c1-9(8-11(12)13)4-2-3-5-10-6-7-10/h8-10H,2-7H2,1H3. The van der Waals surface area contributed by atoms with Crippen LogP contribution in [0.3, 0.4) is 0 Å². The Hall–Kier alpha value is -0.400. The molecule has 0 aromatic rings. The van der Waals surface area contributed by atoms with Crippen LogP contribution in [0.2, 0.25) is 0 Å². The normalized spacial score (nSPS) is 18.4. The molecule has 1 saturated carbocycles. The highest BCUT2D eigenvalue weighted by molar-refractivity contribution is 4.85. The van der Waals surface area contributed by atoms with E-state index in [9.17, 15) is 8.78 Å². The van der Waals surface area contributed by atoms with Crippen molar-refractivity contribution in [1.29, 1.82) is 0 Å². The summed E-state index contributed by atoms with van der Waals surface area (Å²) in [5.74, 6) is 1.02. The smallest absolute Gasteiger partial charge is 0.174 e. The van der Waals surface area contributed by atoms with Crippen molar-refractivity contribution < 1.29 is 8.78 Å². The van der Waals surface area contributed by atoms with Gasteiger partial charge >= 0.3 is 0 Å². The van der Waals surface area contributed by atoms with Gasteiger partial charge in [0.05, 0.1) is 0 Å². The van der Waals surface area contributed by atoms with Crippen molar-refractivity contribution in [1.82, 2.24) is 0 Å². The lowest BCUT2D eigenvalue weighted by Crippen LogP contribution is -1.90. The number of rotatable bonds is 6. The predicted molar refractivity (Wildman–Crippen MR) is 50.7 cm³/mol. The summed E-state index contributed by atoms with van der Waals surface area (Å²) < 4.78 is 23.6. The van der Waals surface area contributed by atoms with E-state index in [4.69, 9.17) is 0 Å². The minimum Gasteiger partial charge on any atom is -0.174 e. The van der Waals surface area contributed by atoms with Crippen LogP contribution in [0.4, 0.5) is 8.78 Å². The monoisotopic (exact) mass is 188 g/mol. The fourth-order valence-corrected chi connectivity index (χ4v) is 1.60. The van der Waals surface area contributed by atoms with Crippen LogP contribution in [-0.4, -0.2) is 0 Å². The Balaban J connectivity index is 1.94. The molecule has 0 radical (unpaired) electrons. The molecule has 0 aromatic carbocycles. The summed E-state index contributed by atoms with van der Waals surface area (Å²) >= 11 is 0. The third kappa shape index (κ3) is 5.78. The van der Waals surface area contributed by atoms with E-state index in [0.29, 0.717) is 0 Å². The number of hydrogen-bond donors (Lipinski definition) is 0. The van der Waals surface area contributed by atoms with Crippen LogP contribution in [0, 0.1) is 11.8 Å². The van der Waals surface area contributed by atoms with Gasteiger partial charge in [-0.1, -0.05) is 39.0 Å². The third-order valence-electron chi connectivity index (χ3n) is 2.63. The van der Waals surface area contributed by atoms with Crippen molar-refractivity contribution in [3.63, 3.8) is 0 Å². The van der Waals surface area contributed by atoms with Gasteiger partial charge in [-0.15, -0.1) is 0 Å². The van der Waals surface area contributed by atoms with Crippen molar-refractivity contribution in [2.24, 2.45) is 11.8 Å². The Morgan fingerprint density at radius 2 is 2.08 bits per heavy atom. The molecule has 2 heteroatoms. The summed E-state index contributed by atoms with van der Waals surface area (Å²) in [4.78, 5) is 0. The highest BCUT2D eigenvalue weighted by Gasteiger charge is 2.19. The fraction of sp³-hybridized carbons (Fsp3) is 0.818. The summed E-state index contributed by atoms with van der Waals surface area (Å²) in [6, 6.07) is 0. The van der Waals surface area contributed by atoms with Crippen LogP contribution in [-0.2, 0) is 0 Å². The second-order valence-electron chi connectivity index (χ2n) is 4.16. The van der Waals surface area contributed by atoms with E-state index in [1.807, 2.05) is 6.92 Å². The first kappa shape index (κ1) is 10.7. The average Bonchev–Trinajstić information content (AvgIpc) is 2.80. The third-order valence-corrected chi connectivity index (χ3v) is 2.63. The molecule has 0 aromatic heterocycles. The molecule has 1 unspecified atom stereocenters. The first-order chi connectivity index (χ1) is 6.18. The summed E-state index contributed by atoms with van der Waals surface area (Å²) in [6.07, 6.45) is 6.87. The molecule has 1 aliphatic rings. The lowest BCUT2D eigenvalue weighted by Gasteiger charge is -2.04. The van der Waals surface area contributed by atoms with E-state index < -0.39 is 6.08 Å². The summed E-state index contributed by atoms with van der Waals surface area (Å²) in [5, 5.41) is 0. The van der Waals surface area contributed by atoms with Crippen molar-refractivity contribution in [3.05, 3.63) is 12.2 Å². The molecule has 1 fully saturated rings. The molecular formula is C11H18F2. The van der Waals surface area contributed by atoms with Crippen LogP contribution in [0.1, 0.15) is 45.4 Å². The lowest BCUT2D eigenvalue weighted by molar-refractivity contribution is 0.406. The molecule has 0 N–H and O–H groups in total. The largest absolute Gasteiger partial charge is 0.266 e. The zero-order chi connectivity index (χ0) is 9.68. The van der Waals surface area contributed by atoms with Gasteiger partial charge < -0.3 is 0 Å². The SMILES string of the molecule is CC(C=C(F)F)CCCCC1CC1. The maximum atomic E-state index is 11.8. The molecule has 0 bridgehead atoms. The van der Waals surface area contributed by atoms with E-state index in [-0.39, 0.29) is 5.92 Å². The van der Waals surface area contributed by atoms with Crippen molar-refractivity contribution in [2.75, 3.05) is 0 Å². The molecule has 0 amide bonds. The first-order valence-corrected chi connectivity index (χ1v) is 5.21. The van der Waals surface area contributed by atoms with Gasteiger partial charge in [-0.25, -0.2) is 0 Å². The van der Waals surface area contributed by atoms with E-state index in [1.54, 1.807) is 0 Å². The molecular weight excluding hydrogens is 170 g/mol. The Morgan fingerprint density at radius 1 is 1.38 bits per heavy atom. The number of hydrogen-bond acceptors (Lipinski definition) is 0. The van der Waals surface area contributed by atoms with Crippen LogP contribution >= 0.6 is 0 Å². The van der Waals surface area contributed by atoms with Gasteiger partial charge in [-0.05, 0) is 24.3 Å². The minimum atomic E-state index is -1.53. The van der Waals surface area contributed by atoms with E-state index >= 15 is 0 Å². The van der Waals surface area contributed by atoms with Crippen molar-refractivity contribution in [3.8, 4) is 0 Å². The summed E-state index contributed by atoms with van der Waals surface area (Å²) in [6.45, 7) is 1.86. The van der Waals surface area contributed by atoms with Gasteiger partial charge in [0.2, 0.25) is 0 Å². The summed E-state index contributed by atoms with van der Waals surface area (Å²) in [5.41, 5.74) is 0. The van der Waals surface area contributed by atoms with Gasteiger partial charge in [0.15, 0.2) is 0 Å². The number of halogens is 2. The molecule has 13 heavy (non-hydrogen) atoms. The van der Waals surface area contributed by atoms with Crippen molar-refractivity contribution >= 4 is 0 Å². The lowest BCUT2D eigenvalue weighted by atomic mass is 10.0.